The number of hydrogen-bond acceptors (Lipinski definition) is 6. The molecular weight excluding hydrogens is 254 g/mol. The van der Waals surface area contributed by atoms with Crippen molar-refractivity contribution in [3.63, 3.8) is 0 Å². The number of rotatable bonds is 5. The molecule has 0 saturated heterocycles. The van der Waals surface area contributed by atoms with Crippen LogP contribution >= 0.6 is 0 Å². The van der Waals surface area contributed by atoms with Gasteiger partial charge in [0, 0.05) is 24.8 Å². The topological polar surface area (TPSA) is 76.7 Å². The van der Waals surface area contributed by atoms with Gasteiger partial charge in [-0.15, -0.1) is 0 Å². The van der Waals surface area contributed by atoms with E-state index in [2.05, 4.69) is 25.4 Å². The van der Waals surface area contributed by atoms with Gasteiger partial charge in [-0.2, -0.15) is 4.98 Å². The van der Waals surface area contributed by atoms with E-state index in [4.69, 9.17) is 4.52 Å². The average molecular weight is 267 g/mol. The van der Waals surface area contributed by atoms with Crippen LogP contribution in [0.3, 0.4) is 0 Å². The fraction of sp³-hybridized carbons (Fsp3) is 0.143. The Kier molecular flexibility index (Phi) is 3.64. The second-order valence-corrected chi connectivity index (χ2v) is 4.15. The first kappa shape index (κ1) is 12.3. The maximum atomic E-state index is 5.20. The third-order valence-electron chi connectivity index (χ3n) is 2.72. The molecule has 2 aromatic heterocycles. The summed E-state index contributed by atoms with van der Waals surface area (Å²) in [5, 5.41) is 7.20. The van der Waals surface area contributed by atoms with Crippen molar-refractivity contribution in [3.05, 3.63) is 54.8 Å². The van der Waals surface area contributed by atoms with E-state index in [1.807, 2.05) is 30.3 Å². The Morgan fingerprint density at radius 2 is 2.00 bits per heavy atom. The van der Waals surface area contributed by atoms with Crippen LogP contribution in [0.1, 0.15) is 5.89 Å². The maximum absolute atomic E-state index is 5.20. The highest BCUT2D eigenvalue weighted by atomic mass is 16.5. The monoisotopic (exact) mass is 267 g/mol. The standard InChI is InChI=1S/C14H13N5O/c1-2-4-11(5-3-1)16-9-7-13-18-14(19-20-13)12-6-8-15-10-17-12/h1-6,8,10,16H,7,9H2. The van der Waals surface area contributed by atoms with E-state index < -0.39 is 0 Å². The first-order valence-corrected chi connectivity index (χ1v) is 6.30. The predicted molar refractivity (Wildman–Crippen MR) is 74.0 cm³/mol. The van der Waals surface area contributed by atoms with Gasteiger partial charge in [-0.3, -0.25) is 0 Å². The fourth-order valence-corrected chi connectivity index (χ4v) is 1.75. The zero-order valence-corrected chi connectivity index (χ0v) is 10.7. The van der Waals surface area contributed by atoms with Crippen molar-refractivity contribution < 1.29 is 4.52 Å². The van der Waals surface area contributed by atoms with Gasteiger partial charge in [-0.25, -0.2) is 9.97 Å². The molecule has 0 radical (unpaired) electrons. The van der Waals surface area contributed by atoms with E-state index in [0.29, 0.717) is 23.8 Å². The highest BCUT2D eigenvalue weighted by Gasteiger charge is 2.08. The molecule has 100 valence electrons. The van der Waals surface area contributed by atoms with Crippen LogP contribution in [0.25, 0.3) is 11.5 Å². The molecule has 0 atom stereocenters. The number of benzene rings is 1. The summed E-state index contributed by atoms with van der Waals surface area (Å²) in [6, 6.07) is 11.7. The number of anilines is 1. The molecule has 0 unspecified atom stereocenters. The quantitative estimate of drug-likeness (QED) is 0.763. The molecule has 0 amide bonds. The highest BCUT2D eigenvalue weighted by molar-refractivity contribution is 5.46. The van der Waals surface area contributed by atoms with Gasteiger partial charge < -0.3 is 9.84 Å². The fourth-order valence-electron chi connectivity index (χ4n) is 1.75. The van der Waals surface area contributed by atoms with E-state index in [0.717, 1.165) is 12.2 Å². The molecule has 0 aliphatic carbocycles. The van der Waals surface area contributed by atoms with Crippen molar-refractivity contribution in [3.8, 4) is 11.5 Å². The summed E-state index contributed by atoms with van der Waals surface area (Å²) in [5.41, 5.74) is 1.73. The van der Waals surface area contributed by atoms with Crippen molar-refractivity contribution in [2.75, 3.05) is 11.9 Å². The third-order valence-corrected chi connectivity index (χ3v) is 2.72. The summed E-state index contributed by atoms with van der Waals surface area (Å²) in [6.07, 6.45) is 3.77. The third kappa shape index (κ3) is 2.97. The molecule has 0 aliphatic rings. The van der Waals surface area contributed by atoms with Gasteiger partial charge >= 0.3 is 0 Å². The Morgan fingerprint density at radius 1 is 1.10 bits per heavy atom. The normalized spacial score (nSPS) is 10.4. The molecule has 0 bridgehead atoms. The number of nitrogens with one attached hydrogen (secondary N) is 1. The second kappa shape index (κ2) is 5.92. The van der Waals surface area contributed by atoms with Gasteiger partial charge in [0.15, 0.2) is 0 Å². The van der Waals surface area contributed by atoms with Crippen molar-refractivity contribution in [2.24, 2.45) is 0 Å². The lowest BCUT2D eigenvalue weighted by Gasteiger charge is -2.02. The molecule has 0 aliphatic heterocycles. The molecule has 0 saturated carbocycles. The van der Waals surface area contributed by atoms with Gasteiger partial charge in [0.25, 0.3) is 0 Å². The first-order valence-electron chi connectivity index (χ1n) is 6.30. The molecule has 20 heavy (non-hydrogen) atoms. The molecule has 6 nitrogen and oxygen atoms in total. The molecule has 2 heterocycles. The van der Waals surface area contributed by atoms with E-state index in [1.165, 1.54) is 6.33 Å². The molecule has 0 fully saturated rings. The summed E-state index contributed by atoms with van der Waals surface area (Å²) in [6.45, 7) is 0.732. The molecule has 3 rings (SSSR count). The predicted octanol–water partition coefficient (Wildman–Crippen LogP) is 2.18. The molecular formula is C14H13N5O. The zero-order valence-electron chi connectivity index (χ0n) is 10.7. The lowest BCUT2D eigenvalue weighted by Crippen LogP contribution is -2.04. The number of aromatic nitrogens is 4. The number of para-hydroxylation sites is 1. The zero-order chi connectivity index (χ0) is 13.6. The van der Waals surface area contributed by atoms with E-state index in [-0.39, 0.29) is 0 Å². The van der Waals surface area contributed by atoms with Crippen molar-refractivity contribution in [1.29, 1.82) is 0 Å². The van der Waals surface area contributed by atoms with E-state index in [9.17, 15) is 0 Å². The van der Waals surface area contributed by atoms with Crippen molar-refractivity contribution >= 4 is 5.69 Å². The molecule has 0 spiro atoms. The summed E-state index contributed by atoms with van der Waals surface area (Å²) in [7, 11) is 0. The van der Waals surface area contributed by atoms with Crippen LogP contribution in [-0.4, -0.2) is 26.7 Å². The summed E-state index contributed by atoms with van der Waals surface area (Å²) in [5.74, 6) is 1.07. The Hall–Kier alpha value is -2.76. The Balaban J connectivity index is 1.58. The summed E-state index contributed by atoms with van der Waals surface area (Å²) < 4.78 is 5.20. The Morgan fingerprint density at radius 3 is 2.80 bits per heavy atom. The lowest BCUT2D eigenvalue weighted by atomic mass is 10.3. The minimum atomic E-state index is 0.488. The van der Waals surface area contributed by atoms with Gasteiger partial charge in [-0.05, 0) is 18.2 Å². The number of hydrogen-bond donors (Lipinski definition) is 1. The Labute approximate surface area is 115 Å². The summed E-state index contributed by atoms with van der Waals surface area (Å²) >= 11 is 0. The number of nitrogens with zero attached hydrogens (tertiary/aromatic N) is 4. The van der Waals surface area contributed by atoms with Crippen molar-refractivity contribution in [2.45, 2.75) is 6.42 Å². The van der Waals surface area contributed by atoms with Crippen LogP contribution in [0.2, 0.25) is 0 Å². The van der Waals surface area contributed by atoms with Gasteiger partial charge in [0.05, 0.1) is 0 Å². The molecule has 1 N–H and O–H groups in total. The van der Waals surface area contributed by atoms with Crippen LogP contribution in [0.4, 0.5) is 5.69 Å². The SMILES string of the molecule is c1ccc(NCCc2nc(-c3ccncn3)no2)cc1. The minimum Gasteiger partial charge on any atom is -0.385 e. The highest BCUT2D eigenvalue weighted by Crippen LogP contribution is 2.11. The first-order chi connectivity index (χ1) is 9.92. The van der Waals surface area contributed by atoms with Crippen LogP contribution in [0, 0.1) is 0 Å². The van der Waals surface area contributed by atoms with Crippen LogP contribution in [-0.2, 0) is 6.42 Å². The van der Waals surface area contributed by atoms with Crippen molar-refractivity contribution in [1.82, 2.24) is 20.1 Å². The largest absolute Gasteiger partial charge is 0.385 e. The molecule has 3 aromatic rings. The van der Waals surface area contributed by atoms with Gasteiger partial charge in [0.1, 0.15) is 12.0 Å². The van der Waals surface area contributed by atoms with Gasteiger partial charge in [0.2, 0.25) is 11.7 Å². The Bertz CT molecular complexity index is 654. The maximum Gasteiger partial charge on any atom is 0.228 e. The van der Waals surface area contributed by atoms with Crippen LogP contribution < -0.4 is 5.32 Å². The minimum absolute atomic E-state index is 0.488. The average Bonchev–Trinajstić information content (AvgIpc) is 2.98. The van der Waals surface area contributed by atoms with Crippen LogP contribution in [0.15, 0.2) is 53.4 Å². The smallest absolute Gasteiger partial charge is 0.228 e. The lowest BCUT2D eigenvalue weighted by molar-refractivity contribution is 0.381. The second-order valence-electron chi connectivity index (χ2n) is 4.15. The van der Waals surface area contributed by atoms with E-state index in [1.54, 1.807) is 12.3 Å². The molecule has 1 aromatic carbocycles. The van der Waals surface area contributed by atoms with Crippen LogP contribution in [0.5, 0.6) is 0 Å². The van der Waals surface area contributed by atoms with E-state index >= 15 is 0 Å². The van der Waals surface area contributed by atoms with Gasteiger partial charge in [-0.1, -0.05) is 23.4 Å². The molecule has 6 heteroatoms. The summed E-state index contributed by atoms with van der Waals surface area (Å²) in [4.78, 5) is 12.2.